The molecule has 5 nitrogen and oxygen atoms in total. The highest BCUT2D eigenvalue weighted by Gasteiger charge is 2.23. The zero-order valence-corrected chi connectivity index (χ0v) is 10.6. The van der Waals surface area contributed by atoms with E-state index in [-0.39, 0.29) is 12.1 Å². The number of benzene rings is 1. The SMILES string of the molecule is CN(C(=O)Nc1ccc(CN)cc1)C1CCOC1. The van der Waals surface area contributed by atoms with Crippen molar-refractivity contribution in [1.29, 1.82) is 0 Å². The zero-order valence-electron chi connectivity index (χ0n) is 10.6. The van der Waals surface area contributed by atoms with Crippen LogP contribution in [0.15, 0.2) is 24.3 Å². The Morgan fingerprint density at radius 3 is 2.78 bits per heavy atom. The summed E-state index contributed by atoms with van der Waals surface area (Å²) in [6.45, 7) is 1.86. The van der Waals surface area contributed by atoms with E-state index >= 15 is 0 Å². The van der Waals surface area contributed by atoms with Gasteiger partial charge < -0.3 is 20.7 Å². The quantitative estimate of drug-likeness (QED) is 0.850. The van der Waals surface area contributed by atoms with Crippen LogP contribution in [0, 0.1) is 0 Å². The average Bonchev–Trinajstić information content (AvgIpc) is 2.92. The maximum absolute atomic E-state index is 12.0. The van der Waals surface area contributed by atoms with Crippen molar-refractivity contribution >= 4 is 11.7 Å². The van der Waals surface area contributed by atoms with Crippen molar-refractivity contribution in [2.24, 2.45) is 5.73 Å². The van der Waals surface area contributed by atoms with Gasteiger partial charge in [-0.2, -0.15) is 0 Å². The Bertz CT molecular complexity index is 399. The molecule has 1 fully saturated rings. The second kappa shape index (κ2) is 5.84. The number of rotatable bonds is 3. The maximum Gasteiger partial charge on any atom is 0.321 e. The lowest BCUT2D eigenvalue weighted by Crippen LogP contribution is -2.40. The monoisotopic (exact) mass is 249 g/mol. The minimum Gasteiger partial charge on any atom is -0.379 e. The lowest BCUT2D eigenvalue weighted by molar-refractivity contribution is 0.164. The van der Waals surface area contributed by atoms with Gasteiger partial charge in [-0.1, -0.05) is 12.1 Å². The summed E-state index contributed by atoms with van der Waals surface area (Å²) in [5.74, 6) is 0. The zero-order chi connectivity index (χ0) is 13.0. The fourth-order valence-corrected chi connectivity index (χ4v) is 1.93. The molecule has 1 unspecified atom stereocenters. The van der Waals surface area contributed by atoms with Gasteiger partial charge in [-0.05, 0) is 24.1 Å². The first-order valence-electron chi connectivity index (χ1n) is 6.11. The summed E-state index contributed by atoms with van der Waals surface area (Å²) in [6, 6.07) is 7.61. The van der Waals surface area contributed by atoms with Gasteiger partial charge >= 0.3 is 6.03 Å². The third-order valence-electron chi connectivity index (χ3n) is 3.21. The van der Waals surface area contributed by atoms with E-state index in [0.717, 1.165) is 24.3 Å². The molecule has 2 amide bonds. The number of urea groups is 1. The van der Waals surface area contributed by atoms with Crippen molar-refractivity contribution in [1.82, 2.24) is 4.90 Å². The van der Waals surface area contributed by atoms with Crippen molar-refractivity contribution in [3.63, 3.8) is 0 Å². The fraction of sp³-hybridized carbons (Fsp3) is 0.462. The number of carbonyl (C=O) groups is 1. The van der Waals surface area contributed by atoms with Crippen molar-refractivity contribution < 1.29 is 9.53 Å². The van der Waals surface area contributed by atoms with Crippen molar-refractivity contribution in [2.45, 2.75) is 19.0 Å². The summed E-state index contributed by atoms with van der Waals surface area (Å²) in [5, 5.41) is 2.86. The molecule has 2 rings (SSSR count). The highest BCUT2D eigenvalue weighted by molar-refractivity contribution is 5.89. The Balaban J connectivity index is 1.93. The van der Waals surface area contributed by atoms with Crippen LogP contribution in [0.25, 0.3) is 0 Å². The molecule has 18 heavy (non-hydrogen) atoms. The Kier molecular flexibility index (Phi) is 4.17. The fourth-order valence-electron chi connectivity index (χ4n) is 1.93. The Morgan fingerprint density at radius 2 is 2.22 bits per heavy atom. The molecule has 98 valence electrons. The van der Waals surface area contributed by atoms with E-state index in [0.29, 0.717) is 13.2 Å². The second-order valence-corrected chi connectivity index (χ2v) is 4.46. The highest BCUT2D eigenvalue weighted by atomic mass is 16.5. The number of likely N-dealkylation sites (N-methyl/N-ethyl adjacent to an activating group) is 1. The molecule has 1 aliphatic rings. The minimum absolute atomic E-state index is 0.106. The summed E-state index contributed by atoms with van der Waals surface area (Å²) < 4.78 is 5.27. The molecule has 1 aromatic rings. The van der Waals surface area contributed by atoms with Gasteiger partial charge in [-0.15, -0.1) is 0 Å². The molecule has 5 heteroatoms. The van der Waals surface area contributed by atoms with Gasteiger partial charge in [0, 0.05) is 25.9 Å². The number of nitrogens with one attached hydrogen (secondary N) is 1. The van der Waals surface area contributed by atoms with Crippen LogP contribution in [0.2, 0.25) is 0 Å². The van der Waals surface area contributed by atoms with Crippen LogP contribution < -0.4 is 11.1 Å². The molecule has 0 spiro atoms. The van der Waals surface area contributed by atoms with Gasteiger partial charge in [0.25, 0.3) is 0 Å². The van der Waals surface area contributed by atoms with E-state index in [1.54, 1.807) is 11.9 Å². The van der Waals surface area contributed by atoms with Crippen molar-refractivity contribution in [2.75, 3.05) is 25.6 Å². The molecule has 1 aliphatic heterocycles. The van der Waals surface area contributed by atoms with Crippen LogP contribution in [-0.2, 0) is 11.3 Å². The number of hydrogen-bond donors (Lipinski definition) is 2. The van der Waals surface area contributed by atoms with Crippen LogP contribution in [0.1, 0.15) is 12.0 Å². The lowest BCUT2D eigenvalue weighted by Gasteiger charge is -2.23. The normalized spacial score (nSPS) is 18.7. The number of hydrogen-bond acceptors (Lipinski definition) is 3. The van der Waals surface area contributed by atoms with Crippen LogP contribution in [-0.4, -0.2) is 37.2 Å². The van der Waals surface area contributed by atoms with Gasteiger partial charge in [-0.25, -0.2) is 4.79 Å². The molecule has 0 saturated carbocycles. The minimum atomic E-state index is -0.106. The molecule has 0 aliphatic carbocycles. The summed E-state index contributed by atoms with van der Waals surface area (Å²) in [6.07, 6.45) is 0.899. The third kappa shape index (κ3) is 3.00. The molecule has 0 aromatic heterocycles. The van der Waals surface area contributed by atoms with Crippen LogP contribution in [0.4, 0.5) is 10.5 Å². The van der Waals surface area contributed by atoms with E-state index in [1.807, 2.05) is 24.3 Å². The topological polar surface area (TPSA) is 67.6 Å². The first-order chi connectivity index (χ1) is 8.70. The predicted octanol–water partition coefficient (Wildman–Crippen LogP) is 1.40. The van der Waals surface area contributed by atoms with Gasteiger partial charge in [0.15, 0.2) is 0 Å². The van der Waals surface area contributed by atoms with Crippen LogP contribution in [0.5, 0.6) is 0 Å². The van der Waals surface area contributed by atoms with E-state index in [4.69, 9.17) is 10.5 Å². The molecule has 1 atom stereocenters. The predicted molar refractivity (Wildman–Crippen MR) is 70.3 cm³/mol. The summed E-state index contributed by atoms with van der Waals surface area (Å²) >= 11 is 0. The Hall–Kier alpha value is -1.59. The largest absolute Gasteiger partial charge is 0.379 e. The number of nitrogens with two attached hydrogens (primary N) is 1. The van der Waals surface area contributed by atoms with Gasteiger partial charge in [0.2, 0.25) is 0 Å². The summed E-state index contributed by atoms with van der Waals surface area (Å²) in [5.41, 5.74) is 7.35. The highest BCUT2D eigenvalue weighted by Crippen LogP contribution is 2.14. The number of nitrogens with zero attached hydrogens (tertiary/aromatic N) is 1. The summed E-state index contributed by atoms with van der Waals surface area (Å²) in [7, 11) is 1.79. The standard InChI is InChI=1S/C13H19N3O2/c1-16(12-6-7-18-9-12)13(17)15-11-4-2-10(8-14)3-5-11/h2-5,12H,6-9,14H2,1H3,(H,15,17). The number of amides is 2. The second-order valence-electron chi connectivity index (χ2n) is 4.46. The first kappa shape index (κ1) is 12.9. The van der Waals surface area contributed by atoms with E-state index in [9.17, 15) is 4.79 Å². The number of anilines is 1. The molecular formula is C13H19N3O2. The molecule has 0 bridgehead atoms. The smallest absolute Gasteiger partial charge is 0.321 e. The molecule has 1 aromatic carbocycles. The van der Waals surface area contributed by atoms with Gasteiger partial charge in [-0.3, -0.25) is 0 Å². The van der Waals surface area contributed by atoms with Crippen molar-refractivity contribution in [3.8, 4) is 0 Å². The average molecular weight is 249 g/mol. The van der Waals surface area contributed by atoms with Crippen LogP contribution >= 0.6 is 0 Å². The van der Waals surface area contributed by atoms with E-state index in [1.165, 1.54) is 0 Å². The third-order valence-corrected chi connectivity index (χ3v) is 3.21. The lowest BCUT2D eigenvalue weighted by atomic mass is 10.2. The molecular weight excluding hydrogens is 230 g/mol. The molecule has 3 N–H and O–H groups in total. The molecule has 1 saturated heterocycles. The molecule has 0 radical (unpaired) electrons. The van der Waals surface area contributed by atoms with E-state index in [2.05, 4.69) is 5.32 Å². The first-order valence-corrected chi connectivity index (χ1v) is 6.11. The summed E-state index contributed by atoms with van der Waals surface area (Å²) in [4.78, 5) is 13.7. The van der Waals surface area contributed by atoms with Crippen LogP contribution in [0.3, 0.4) is 0 Å². The molecule has 1 heterocycles. The Labute approximate surface area is 107 Å². The van der Waals surface area contributed by atoms with Gasteiger partial charge in [0.1, 0.15) is 0 Å². The maximum atomic E-state index is 12.0. The Morgan fingerprint density at radius 1 is 1.50 bits per heavy atom. The van der Waals surface area contributed by atoms with Gasteiger partial charge in [0.05, 0.1) is 12.6 Å². The van der Waals surface area contributed by atoms with E-state index < -0.39 is 0 Å². The van der Waals surface area contributed by atoms with Crippen molar-refractivity contribution in [3.05, 3.63) is 29.8 Å². The number of carbonyl (C=O) groups excluding carboxylic acids is 1. The number of ether oxygens (including phenoxy) is 1.